The normalized spacial score (nSPS) is 11.6. The number of rotatable bonds is 39. The van der Waals surface area contributed by atoms with Crippen LogP contribution >= 0.6 is 0 Å². The summed E-state index contributed by atoms with van der Waals surface area (Å²) in [6, 6.07) is 7.42. The summed E-state index contributed by atoms with van der Waals surface area (Å²) in [7, 11) is 0. The Morgan fingerprint density at radius 3 is 0.667 bits per heavy atom. The molecule has 1 aromatic carbocycles. The molecule has 48 heavy (non-hydrogen) atoms. The minimum absolute atomic E-state index is 0.930. The molecule has 0 heterocycles. The Morgan fingerprint density at radius 1 is 0.271 bits per heavy atom. The van der Waals surface area contributed by atoms with Crippen LogP contribution in [0.4, 0.5) is 0 Å². The molecule has 0 spiro atoms. The Kier molecular flexibility index (Phi) is 35.3. The van der Waals surface area contributed by atoms with Crippen LogP contribution in [-0.2, 0) is 19.3 Å². The standard InChI is InChI=1S/C48H89/c1-4-7-9-11-13-15-17-19-21-23-25-27-29-31-33-35-37-39-41-47-43-46(6-3)44-48(45-47)42-40-38-36-34-32-30-28-26-24-22-20-18-16-14-12-10-8-5-2/h43-45H,3-42H2,1-2H3. The molecule has 0 saturated carbocycles. The molecule has 0 aliphatic rings. The third-order valence-electron chi connectivity index (χ3n) is 11.0. The summed E-state index contributed by atoms with van der Waals surface area (Å²) < 4.78 is 0. The molecule has 0 atom stereocenters. The Hall–Kier alpha value is -0.780. The van der Waals surface area contributed by atoms with Crippen LogP contribution in [0.1, 0.15) is 262 Å². The second-order valence-corrected chi connectivity index (χ2v) is 15.9. The molecular weight excluding hydrogens is 577 g/mol. The number of unbranched alkanes of at least 4 members (excludes halogenated alkanes) is 34. The minimum Gasteiger partial charge on any atom is -0.0654 e. The first-order valence-corrected chi connectivity index (χ1v) is 22.7. The van der Waals surface area contributed by atoms with Gasteiger partial charge in [0.25, 0.3) is 0 Å². The van der Waals surface area contributed by atoms with Gasteiger partial charge in [0.2, 0.25) is 0 Å². The molecular formula is C48H89. The predicted molar refractivity (Wildman–Crippen MR) is 220 cm³/mol. The van der Waals surface area contributed by atoms with Gasteiger partial charge in [-0.3, -0.25) is 0 Å². The van der Waals surface area contributed by atoms with Crippen LogP contribution < -0.4 is 0 Å². The van der Waals surface area contributed by atoms with Crippen LogP contribution in [-0.4, -0.2) is 0 Å². The van der Waals surface area contributed by atoms with E-state index in [0.29, 0.717) is 0 Å². The predicted octanol–water partition coefficient (Wildman–Crippen LogP) is 17.2. The molecule has 0 unspecified atom stereocenters. The lowest BCUT2D eigenvalue weighted by atomic mass is 9.96. The van der Waals surface area contributed by atoms with E-state index in [1.807, 2.05) is 0 Å². The zero-order chi connectivity index (χ0) is 34.4. The maximum atomic E-state index is 4.21. The molecule has 281 valence electrons. The second kappa shape index (κ2) is 37.5. The lowest BCUT2D eigenvalue weighted by Crippen LogP contribution is -1.95. The molecule has 1 rings (SSSR count). The van der Waals surface area contributed by atoms with E-state index in [1.165, 1.54) is 250 Å². The molecule has 1 radical (unpaired) electrons. The van der Waals surface area contributed by atoms with Crippen molar-refractivity contribution in [3.8, 4) is 0 Å². The SMILES string of the molecule is [CH2]Cc1cc(CCCCCCCCCCCCCCCCCCCC)cc(CCCCCCCCCCCCCCCCCCCC)c1. The first kappa shape index (κ1) is 45.2. The van der Waals surface area contributed by atoms with Crippen molar-refractivity contribution in [1.82, 2.24) is 0 Å². The van der Waals surface area contributed by atoms with Crippen LogP contribution in [0.15, 0.2) is 18.2 Å². The van der Waals surface area contributed by atoms with E-state index >= 15 is 0 Å². The highest BCUT2D eigenvalue weighted by molar-refractivity contribution is 5.31. The summed E-state index contributed by atoms with van der Waals surface area (Å²) in [5, 5.41) is 0. The minimum atomic E-state index is 0.930. The number of aryl methyl sites for hydroxylation is 2. The fourth-order valence-corrected chi connectivity index (χ4v) is 7.73. The second-order valence-electron chi connectivity index (χ2n) is 15.9. The third-order valence-corrected chi connectivity index (χ3v) is 11.0. The van der Waals surface area contributed by atoms with Gasteiger partial charge < -0.3 is 0 Å². The van der Waals surface area contributed by atoms with Gasteiger partial charge in [0.05, 0.1) is 0 Å². The fourth-order valence-electron chi connectivity index (χ4n) is 7.73. The average molecular weight is 666 g/mol. The summed E-state index contributed by atoms with van der Waals surface area (Å²) in [5.74, 6) is 0. The lowest BCUT2D eigenvalue weighted by Gasteiger charge is -2.10. The molecule has 0 aromatic heterocycles. The average Bonchev–Trinajstić information content (AvgIpc) is 3.10. The van der Waals surface area contributed by atoms with Gasteiger partial charge in [-0.25, -0.2) is 0 Å². The zero-order valence-electron chi connectivity index (χ0n) is 33.5. The van der Waals surface area contributed by atoms with Gasteiger partial charge in [-0.1, -0.05) is 250 Å². The van der Waals surface area contributed by atoms with E-state index in [4.69, 9.17) is 0 Å². The van der Waals surface area contributed by atoms with E-state index in [-0.39, 0.29) is 0 Å². The zero-order valence-corrected chi connectivity index (χ0v) is 33.5. The van der Waals surface area contributed by atoms with Crippen molar-refractivity contribution in [2.75, 3.05) is 0 Å². The van der Waals surface area contributed by atoms with E-state index in [1.54, 1.807) is 11.1 Å². The molecule has 0 aliphatic heterocycles. The van der Waals surface area contributed by atoms with E-state index in [9.17, 15) is 0 Å². The maximum Gasteiger partial charge on any atom is -0.0279 e. The van der Waals surface area contributed by atoms with Gasteiger partial charge >= 0.3 is 0 Å². The van der Waals surface area contributed by atoms with Crippen LogP contribution in [0.2, 0.25) is 0 Å². The van der Waals surface area contributed by atoms with E-state index in [0.717, 1.165) is 6.42 Å². The summed E-state index contributed by atoms with van der Waals surface area (Å²) in [5.41, 5.74) is 4.60. The lowest BCUT2D eigenvalue weighted by molar-refractivity contribution is 0.525. The maximum absolute atomic E-state index is 4.21. The van der Waals surface area contributed by atoms with Gasteiger partial charge in [0.1, 0.15) is 0 Å². The Morgan fingerprint density at radius 2 is 0.458 bits per heavy atom. The molecule has 0 amide bonds. The molecule has 0 heteroatoms. The highest BCUT2D eigenvalue weighted by Gasteiger charge is 2.03. The Bertz CT molecular complexity index is 688. The van der Waals surface area contributed by atoms with Crippen molar-refractivity contribution in [2.45, 2.75) is 264 Å². The molecule has 0 saturated heterocycles. The van der Waals surface area contributed by atoms with E-state index < -0.39 is 0 Å². The molecule has 1 aromatic rings. The van der Waals surface area contributed by atoms with Gasteiger partial charge in [0.15, 0.2) is 0 Å². The quantitative estimate of drug-likeness (QED) is 0.0614. The number of hydrogen-bond donors (Lipinski definition) is 0. The van der Waals surface area contributed by atoms with Crippen molar-refractivity contribution in [2.24, 2.45) is 0 Å². The van der Waals surface area contributed by atoms with Gasteiger partial charge in [-0.15, -0.1) is 0 Å². The van der Waals surface area contributed by atoms with Crippen LogP contribution in [0.5, 0.6) is 0 Å². The van der Waals surface area contributed by atoms with E-state index in [2.05, 4.69) is 39.0 Å². The first-order valence-electron chi connectivity index (χ1n) is 22.7. The van der Waals surface area contributed by atoms with Crippen molar-refractivity contribution in [3.63, 3.8) is 0 Å². The third kappa shape index (κ3) is 31.2. The molecule has 0 bridgehead atoms. The van der Waals surface area contributed by atoms with Gasteiger partial charge in [0, 0.05) is 0 Å². The first-order chi connectivity index (χ1) is 23.8. The summed E-state index contributed by atoms with van der Waals surface area (Å²) in [6.07, 6.45) is 55.7. The van der Waals surface area contributed by atoms with Crippen molar-refractivity contribution >= 4 is 0 Å². The smallest absolute Gasteiger partial charge is 0.0279 e. The fraction of sp³-hybridized carbons (Fsp3) is 0.854. The highest BCUT2D eigenvalue weighted by atomic mass is 14.1. The molecule has 0 aliphatic carbocycles. The van der Waals surface area contributed by atoms with Crippen LogP contribution in [0, 0.1) is 6.92 Å². The van der Waals surface area contributed by atoms with Crippen molar-refractivity contribution in [3.05, 3.63) is 41.8 Å². The Labute approximate surface area is 305 Å². The monoisotopic (exact) mass is 666 g/mol. The largest absolute Gasteiger partial charge is 0.0654 e. The van der Waals surface area contributed by atoms with Crippen molar-refractivity contribution in [1.29, 1.82) is 0 Å². The topological polar surface area (TPSA) is 0 Å². The van der Waals surface area contributed by atoms with Gasteiger partial charge in [-0.05, 0) is 55.7 Å². The summed E-state index contributed by atoms with van der Waals surface area (Å²) in [6.45, 7) is 8.83. The van der Waals surface area contributed by atoms with Gasteiger partial charge in [-0.2, -0.15) is 0 Å². The summed E-state index contributed by atoms with van der Waals surface area (Å²) >= 11 is 0. The molecule has 0 N–H and O–H groups in total. The molecule has 0 fully saturated rings. The van der Waals surface area contributed by atoms with Crippen LogP contribution in [0.3, 0.4) is 0 Å². The highest BCUT2D eigenvalue weighted by Crippen LogP contribution is 2.19. The van der Waals surface area contributed by atoms with Crippen LogP contribution in [0.25, 0.3) is 0 Å². The molecule has 0 nitrogen and oxygen atoms in total. The number of hydrogen-bond acceptors (Lipinski definition) is 0. The number of benzene rings is 1. The Balaban J connectivity index is 1.93. The summed E-state index contributed by atoms with van der Waals surface area (Å²) in [4.78, 5) is 0. The van der Waals surface area contributed by atoms with Crippen molar-refractivity contribution < 1.29 is 0 Å².